The molecule has 1 atom stereocenters. The highest BCUT2D eigenvalue weighted by molar-refractivity contribution is 5.99. The number of phenols is 4. The molecule has 0 bridgehead atoms. The number of amides is 2. The number of carbonyl (C=O) groups excluding carboxylic acids is 3. The van der Waals surface area contributed by atoms with Crippen LogP contribution in [0.4, 0.5) is 0 Å². The van der Waals surface area contributed by atoms with Gasteiger partial charge in [-0.3, -0.25) is 9.59 Å². The Morgan fingerprint density at radius 1 is 0.871 bits per heavy atom. The van der Waals surface area contributed by atoms with Gasteiger partial charge in [0.2, 0.25) is 0 Å². The lowest BCUT2D eigenvalue weighted by molar-refractivity contribution is -0.143. The molecule has 0 spiro atoms. The molecule has 2 aromatic rings. The molecular weight excluding hydrogens is 408 g/mol. The van der Waals surface area contributed by atoms with E-state index in [9.17, 15) is 34.8 Å². The summed E-state index contributed by atoms with van der Waals surface area (Å²) >= 11 is 0. The molecule has 10 nitrogen and oxygen atoms in total. The van der Waals surface area contributed by atoms with E-state index < -0.39 is 46.8 Å². The van der Waals surface area contributed by atoms with Crippen molar-refractivity contribution in [2.45, 2.75) is 25.3 Å². The standard InChI is InChI=1S/C21H24N2O8/c1-31-21(30)14(23-20(29)13-7-5-10-16(25)18(13)27)8-2-3-11-22-19(28)12-6-4-9-15(24)17(12)26/h4-7,9-10,14,24-27H,2-3,8,11H2,1H3,(H,22,28)(H,23,29)/t14-/m1/s1. The van der Waals surface area contributed by atoms with E-state index in [1.54, 1.807) is 0 Å². The first-order valence-electron chi connectivity index (χ1n) is 9.45. The first kappa shape index (κ1) is 23.3. The molecule has 31 heavy (non-hydrogen) atoms. The summed E-state index contributed by atoms with van der Waals surface area (Å²) in [5, 5.41) is 43.5. The van der Waals surface area contributed by atoms with Crippen molar-refractivity contribution in [3.05, 3.63) is 47.5 Å². The number of rotatable bonds is 9. The molecule has 0 radical (unpaired) electrons. The Balaban J connectivity index is 1.87. The number of esters is 1. The highest BCUT2D eigenvalue weighted by Crippen LogP contribution is 2.29. The van der Waals surface area contributed by atoms with Gasteiger partial charge in [-0.1, -0.05) is 12.1 Å². The number of carbonyl (C=O) groups is 3. The average Bonchev–Trinajstić information content (AvgIpc) is 2.75. The zero-order valence-electron chi connectivity index (χ0n) is 16.8. The van der Waals surface area contributed by atoms with Crippen LogP contribution in [0, 0.1) is 0 Å². The van der Waals surface area contributed by atoms with Crippen LogP contribution in [0.15, 0.2) is 36.4 Å². The minimum atomic E-state index is -0.995. The molecule has 0 aliphatic carbocycles. The van der Waals surface area contributed by atoms with Crippen LogP contribution in [0.25, 0.3) is 0 Å². The van der Waals surface area contributed by atoms with Crippen molar-refractivity contribution in [1.29, 1.82) is 0 Å². The summed E-state index contributed by atoms with van der Waals surface area (Å²) in [7, 11) is 1.18. The fraction of sp³-hybridized carbons (Fsp3) is 0.286. The third-order valence-corrected chi connectivity index (χ3v) is 4.51. The summed E-state index contributed by atoms with van der Waals surface area (Å²) in [6, 6.07) is 6.94. The maximum absolute atomic E-state index is 12.4. The number of phenolic OH excluding ortho intramolecular Hbond substituents is 4. The number of hydrogen-bond acceptors (Lipinski definition) is 8. The van der Waals surface area contributed by atoms with Crippen molar-refractivity contribution in [1.82, 2.24) is 10.6 Å². The summed E-state index contributed by atoms with van der Waals surface area (Å²) in [5.74, 6) is -3.97. The van der Waals surface area contributed by atoms with Gasteiger partial charge in [0.1, 0.15) is 6.04 Å². The average molecular weight is 432 g/mol. The Morgan fingerprint density at radius 2 is 1.42 bits per heavy atom. The van der Waals surface area contributed by atoms with Gasteiger partial charge in [0.25, 0.3) is 11.8 Å². The Labute approximate surface area is 178 Å². The van der Waals surface area contributed by atoms with Gasteiger partial charge >= 0.3 is 5.97 Å². The molecule has 2 rings (SSSR count). The predicted octanol–water partition coefficient (Wildman–Crippen LogP) is 1.38. The van der Waals surface area contributed by atoms with Gasteiger partial charge in [-0.15, -0.1) is 0 Å². The molecule has 0 heterocycles. The molecule has 2 amide bonds. The normalized spacial score (nSPS) is 11.4. The third-order valence-electron chi connectivity index (χ3n) is 4.51. The molecule has 0 aliphatic heterocycles. The molecule has 0 saturated heterocycles. The van der Waals surface area contributed by atoms with E-state index in [4.69, 9.17) is 4.74 Å². The summed E-state index contributed by atoms with van der Waals surface area (Å²) in [4.78, 5) is 36.4. The van der Waals surface area contributed by atoms with E-state index in [1.165, 1.54) is 43.5 Å². The Bertz CT molecular complexity index is 960. The van der Waals surface area contributed by atoms with Gasteiger partial charge in [-0.25, -0.2) is 4.79 Å². The summed E-state index contributed by atoms with van der Waals surface area (Å²) in [6.07, 6.45) is 1.08. The second kappa shape index (κ2) is 10.7. The van der Waals surface area contributed by atoms with E-state index in [0.717, 1.165) is 0 Å². The van der Waals surface area contributed by atoms with Crippen LogP contribution in [-0.4, -0.2) is 57.9 Å². The van der Waals surface area contributed by atoms with Gasteiger partial charge in [-0.2, -0.15) is 0 Å². The number of nitrogens with one attached hydrogen (secondary N) is 2. The zero-order valence-corrected chi connectivity index (χ0v) is 16.8. The first-order chi connectivity index (χ1) is 14.8. The maximum atomic E-state index is 12.4. The molecule has 0 unspecified atom stereocenters. The topological polar surface area (TPSA) is 165 Å². The van der Waals surface area contributed by atoms with Crippen molar-refractivity contribution in [2.75, 3.05) is 13.7 Å². The quantitative estimate of drug-likeness (QED) is 0.196. The van der Waals surface area contributed by atoms with Gasteiger partial charge in [0.05, 0.1) is 18.2 Å². The van der Waals surface area contributed by atoms with Gasteiger partial charge in [0.15, 0.2) is 23.0 Å². The molecule has 6 N–H and O–H groups in total. The van der Waals surface area contributed by atoms with Crippen LogP contribution in [-0.2, 0) is 9.53 Å². The molecule has 0 aliphatic rings. The maximum Gasteiger partial charge on any atom is 0.328 e. The van der Waals surface area contributed by atoms with Crippen molar-refractivity contribution >= 4 is 17.8 Å². The molecular formula is C21H24N2O8. The van der Waals surface area contributed by atoms with Crippen LogP contribution in [0.3, 0.4) is 0 Å². The Hall–Kier alpha value is -3.95. The van der Waals surface area contributed by atoms with Crippen molar-refractivity contribution in [3.8, 4) is 23.0 Å². The smallest absolute Gasteiger partial charge is 0.328 e. The summed E-state index contributed by atoms with van der Waals surface area (Å²) in [6.45, 7) is 0.225. The van der Waals surface area contributed by atoms with Gasteiger partial charge in [0, 0.05) is 6.54 Å². The highest BCUT2D eigenvalue weighted by Gasteiger charge is 2.24. The molecule has 0 saturated carbocycles. The van der Waals surface area contributed by atoms with Crippen molar-refractivity contribution in [2.24, 2.45) is 0 Å². The number of benzene rings is 2. The molecule has 166 valence electrons. The third kappa shape index (κ3) is 6.01. The lowest BCUT2D eigenvalue weighted by Crippen LogP contribution is -2.41. The van der Waals surface area contributed by atoms with Gasteiger partial charge < -0.3 is 35.8 Å². The number of ether oxygens (including phenoxy) is 1. The Kier molecular flexibility index (Phi) is 8.07. The minimum Gasteiger partial charge on any atom is -0.504 e. The number of hydrogen-bond donors (Lipinski definition) is 6. The van der Waals surface area contributed by atoms with Crippen LogP contribution in [0.2, 0.25) is 0 Å². The van der Waals surface area contributed by atoms with Crippen LogP contribution in [0.5, 0.6) is 23.0 Å². The lowest BCUT2D eigenvalue weighted by Gasteiger charge is -2.17. The summed E-state index contributed by atoms with van der Waals surface area (Å²) < 4.78 is 4.69. The number of para-hydroxylation sites is 2. The van der Waals surface area contributed by atoms with E-state index in [-0.39, 0.29) is 24.1 Å². The molecule has 10 heteroatoms. The number of aromatic hydroxyl groups is 4. The lowest BCUT2D eigenvalue weighted by atomic mass is 10.1. The van der Waals surface area contributed by atoms with E-state index in [1.807, 2.05) is 0 Å². The van der Waals surface area contributed by atoms with Crippen molar-refractivity contribution in [3.63, 3.8) is 0 Å². The van der Waals surface area contributed by atoms with E-state index >= 15 is 0 Å². The molecule has 2 aromatic carbocycles. The minimum absolute atomic E-state index is 0.0642. The number of unbranched alkanes of at least 4 members (excludes halogenated alkanes) is 1. The second-order valence-corrected chi connectivity index (χ2v) is 6.65. The SMILES string of the molecule is COC(=O)[C@@H](CCCCNC(=O)c1cccc(O)c1O)NC(=O)c1cccc(O)c1O. The van der Waals surface area contributed by atoms with Gasteiger partial charge in [-0.05, 0) is 43.5 Å². The fourth-order valence-electron chi connectivity index (χ4n) is 2.83. The number of methoxy groups -OCH3 is 1. The predicted molar refractivity (Wildman–Crippen MR) is 109 cm³/mol. The molecule has 0 fully saturated rings. The fourth-order valence-corrected chi connectivity index (χ4v) is 2.83. The summed E-state index contributed by atoms with van der Waals surface area (Å²) in [5.41, 5.74) is -0.252. The largest absolute Gasteiger partial charge is 0.504 e. The Morgan fingerprint density at radius 3 is 1.97 bits per heavy atom. The van der Waals surface area contributed by atoms with E-state index in [2.05, 4.69) is 10.6 Å². The van der Waals surface area contributed by atoms with Crippen molar-refractivity contribution < 1.29 is 39.5 Å². The monoisotopic (exact) mass is 432 g/mol. The van der Waals surface area contributed by atoms with Crippen LogP contribution < -0.4 is 10.6 Å². The first-order valence-corrected chi connectivity index (χ1v) is 9.45. The van der Waals surface area contributed by atoms with E-state index in [0.29, 0.717) is 12.8 Å². The highest BCUT2D eigenvalue weighted by atomic mass is 16.5. The zero-order chi connectivity index (χ0) is 23.0. The second-order valence-electron chi connectivity index (χ2n) is 6.65. The van der Waals surface area contributed by atoms with Crippen LogP contribution >= 0.6 is 0 Å². The van der Waals surface area contributed by atoms with Crippen LogP contribution in [0.1, 0.15) is 40.0 Å². The molecule has 0 aromatic heterocycles.